The first-order valence-electron chi connectivity index (χ1n) is 13.9. The zero-order chi connectivity index (χ0) is 28.3. The minimum atomic E-state index is -1.07. The fourth-order valence-corrected chi connectivity index (χ4v) is 4.70. The minimum absolute atomic E-state index is 0.0569. The van der Waals surface area contributed by atoms with Crippen LogP contribution in [0.1, 0.15) is 76.2 Å². The molecular weight excluding hydrogens is 496 g/mol. The fraction of sp³-hybridized carbons (Fsp3) is 0.552. The second-order valence-corrected chi connectivity index (χ2v) is 9.99. The summed E-state index contributed by atoms with van der Waals surface area (Å²) in [6.07, 6.45) is 16.8. The summed E-state index contributed by atoms with van der Waals surface area (Å²) in [4.78, 5) is 22.6. The summed E-state index contributed by atoms with van der Waals surface area (Å²) in [6.45, 7) is 0.330. The molecule has 0 aliphatic heterocycles. The number of aliphatic carboxylic acids is 1. The van der Waals surface area contributed by atoms with E-state index < -0.39 is 12.0 Å². The third kappa shape index (κ3) is 14.3. The number of aromatic nitrogens is 2. The van der Waals surface area contributed by atoms with Crippen molar-refractivity contribution in [3.63, 3.8) is 0 Å². The summed E-state index contributed by atoms with van der Waals surface area (Å²) in [7, 11) is 0. The van der Waals surface area contributed by atoms with Gasteiger partial charge in [-0.2, -0.15) is 0 Å². The number of nitrogens with zero attached hydrogens (tertiary/aromatic N) is 3. The Labute approximate surface area is 231 Å². The molecule has 0 aromatic carbocycles. The first-order valence-corrected chi connectivity index (χ1v) is 13.9. The molecule has 0 saturated carbocycles. The number of carbonyl (C=O) groups is 1. The van der Waals surface area contributed by atoms with Crippen LogP contribution in [0.15, 0.2) is 53.3 Å². The Morgan fingerprint density at radius 2 is 1.77 bits per heavy atom. The van der Waals surface area contributed by atoms with E-state index in [1.807, 2.05) is 18.2 Å². The Hall–Kier alpha value is -3.53. The molecule has 216 valence electrons. The van der Waals surface area contributed by atoms with Crippen molar-refractivity contribution in [1.29, 1.82) is 0 Å². The third-order valence-corrected chi connectivity index (χ3v) is 6.75. The van der Waals surface area contributed by atoms with Crippen LogP contribution < -0.4 is 16.6 Å². The Balaban J connectivity index is 2.05. The lowest BCUT2D eigenvalue weighted by Gasteiger charge is -2.29. The first-order chi connectivity index (χ1) is 18.9. The number of nitrogens with one attached hydrogen (secondary N) is 1. The molecule has 0 amide bonds. The van der Waals surface area contributed by atoms with Gasteiger partial charge in [0, 0.05) is 18.9 Å². The van der Waals surface area contributed by atoms with Gasteiger partial charge < -0.3 is 37.1 Å². The van der Waals surface area contributed by atoms with Crippen LogP contribution in [0, 0.1) is 5.92 Å². The van der Waals surface area contributed by atoms with E-state index in [1.54, 1.807) is 12.4 Å². The van der Waals surface area contributed by atoms with E-state index in [9.17, 15) is 15.0 Å². The number of hydrogen-bond donors (Lipinski definition) is 5. The molecule has 0 aliphatic rings. The van der Waals surface area contributed by atoms with Crippen molar-refractivity contribution in [2.24, 2.45) is 22.4 Å². The van der Waals surface area contributed by atoms with Gasteiger partial charge in [0.05, 0.1) is 6.54 Å². The molecule has 2 aromatic heterocycles. The monoisotopic (exact) mass is 540 g/mol. The Kier molecular flexibility index (Phi) is 15.2. The van der Waals surface area contributed by atoms with Crippen molar-refractivity contribution in [1.82, 2.24) is 9.97 Å². The summed E-state index contributed by atoms with van der Waals surface area (Å²) >= 11 is 0. The maximum Gasteiger partial charge on any atom is 0.328 e. The normalized spacial score (nSPS) is 13.1. The lowest BCUT2D eigenvalue weighted by atomic mass is 9.87. The van der Waals surface area contributed by atoms with Crippen LogP contribution in [0.25, 0.3) is 5.32 Å². The molecule has 0 bridgehead atoms. The number of carboxylic acid groups (broad SMARTS) is 1. The number of pyridine rings is 1. The van der Waals surface area contributed by atoms with Crippen LogP contribution in [0.2, 0.25) is 0 Å². The molecule has 2 aromatic rings. The molecule has 0 saturated heterocycles. The fourth-order valence-electron chi connectivity index (χ4n) is 4.70. The summed E-state index contributed by atoms with van der Waals surface area (Å²) in [5, 5.41) is 34.6. The van der Waals surface area contributed by atoms with Crippen molar-refractivity contribution < 1.29 is 20.1 Å². The number of H-pyrrole nitrogens is 1. The number of unbranched alkanes of at least 4 members (excludes halogenated alkanes) is 7. The van der Waals surface area contributed by atoms with Gasteiger partial charge in [-0.3, -0.25) is 4.98 Å². The SMILES string of the molecule is NC(N)=NC/C(=C\C(=O)O)[C@H](CC[C@H](CCCCCCCCCCO)Cc1ccc([O-])nc1)[N-]c1ccc[nH]1. The Morgan fingerprint density at radius 1 is 1.05 bits per heavy atom. The van der Waals surface area contributed by atoms with Crippen molar-refractivity contribution in [3.05, 3.63) is 59.2 Å². The Morgan fingerprint density at radius 3 is 2.36 bits per heavy atom. The molecule has 0 aliphatic carbocycles. The molecule has 10 nitrogen and oxygen atoms in total. The zero-order valence-electron chi connectivity index (χ0n) is 22.8. The van der Waals surface area contributed by atoms with Crippen LogP contribution in [0.3, 0.4) is 0 Å². The van der Waals surface area contributed by atoms with Crippen LogP contribution in [-0.2, 0) is 11.2 Å². The van der Waals surface area contributed by atoms with E-state index in [-0.39, 0.29) is 25.0 Å². The highest BCUT2D eigenvalue weighted by molar-refractivity contribution is 5.81. The van der Waals surface area contributed by atoms with Crippen LogP contribution in [0.5, 0.6) is 5.88 Å². The van der Waals surface area contributed by atoms with Gasteiger partial charge in [-0.1, -0.05) is 87.6 Å². The number of nitrogens with two attached hydrogens (primary N) is 2. The molecule has 39 heavy (non-hydrogen) atoms. The Bertz CT molecular complexity index is 988. The number of guanidine groups is 1. The highest BCUT2D eigenvalue weighted by Crippen LogP contribution is 2.30. The van der Waals surface area contributed by atoms with E-state index >= 15 is 0 Å². The summed E-state index contributed by atoms with van der Waals surface area (Å²) < 4.78 is 0. The van der Waals surface area contributed by atoms with Gasteiger partial charge >= 0.3 is 5.97 Å². The van der Waals surface area contributed by atoms with E-state index in [0.717, 1.165) is 56.6 Å². The third-order valence-electron chi connectivity index (χ3n) is 6.75. The highest BCUT2D eigenvalue weighted by atomic mass is 16.4. The van der Waals surface area contributed by atoms with Gasteiger partial charge in [0.25, 0.3) is 0 Å². The number of aliphatic hydroxyl groups excluding tert-OH is 1. The molecule has 7 N–H and O–H groups in total. The lowest BCUT2D eigenvalue weighted by molar-refractivity contribution is -0.275. The van der Waals surface area contributed by atoms with E-state index in [2.05, 4.69) is 15.0 Å². The predicted molar refractivity (Wildman–Crippen MR) is 153 cm³/mol. The van der Waals surface area contributed by atoms with Crippen molar-refractivity contribution in [3.8, 4) is 5.88 Å². The molecule has 2 rings (SSSR count). The zero-order valence-corrected chi connectivity index (χ0v) is 22.8. The predicted octanol–water partition coefficient (Wildman–Crippen LogP) is 4.28. The van der Waals surface area contributed by atoms with Crippen molar-refractivity contribution in [2.45, 2.75) is 83.1 Å². The average Bonchev–Trinajstić information content (AvgIpc) is 3.42. The topological polar surface area (TPSA) is 188 Å². The molecule has 2 heterocycles. The van der Waals surface area contributed by atoms with Crippen molar-refractivity contribution in [2.75, 3.05) is 13.2 Å². The van der Waals surface area contributed by atoms with E-state index in [0.29, 0.717) is 23.7 Å². The van der Waals surface area contributed by atoms with Crippen LogP contribution in [-0.4, -0.2) is 51.3 Å². The van der Waals surface area contributed by atoms with Crippen molar-refractivity contribution >= 4 is 17.7 Å². The second-order valence-electron chi connectivity index (χ2n) is 9.99. The number of hydrogen-bond acceptors (Lipinski definition) is 5. The van der Waals surface area contributed by atoms with E-state index in [1.165, 1.54) is 31.7 Å². The first kappa shape index (κ1) is 31.7. The number of aromatic amines is 1. The quantitative estimate of drug-likeness (QED) is 0.0675. The van der Waals surface area contributed by atoms with Gasteiger partial charge in [-0.25, -0.2) is 9.79 Å². The minimum Gasteiger partial charge on any atom is -0.859 e. The molecular formula is C29H44N6O4-2. The second kappa shape index (κ2) is 18.7. The number of aliphatic imine (C=N–C) groups is 1. The smallest absolute Gasteiger partial charge is 0.328 e. The van der Waals surface area contributed by atoms with Gasteiger partial charge in [0.1, 0.15) is 0 Å². The largest absolute Gasteiger partial charge is 0.859 e. The van der Waals surface area contributed by atoms with Gasteiger partial charge in [0.15, 0.2) is 5.96 Å². The molecule has 2 atom stereocenters. The molecule has 0 unspecified atom stereocenters. The van der Waals surface area contributed by atoms with Crippen LogP contribution >= 0.6 is 0 Å². The molecule has 10 heteroatoms. The lowest BCUT2D eigenvalue weighted by Crippen LogP contribution is -2.24. The van der Waals surface area contributed by atoms with Crippen LogP contribution in [0.4, 0.5) is 5.82 Å². The van der Waals surface area contributed by atoms with Gasteiger partial charge in [-0.15, -0.1) is 0 Å². The molecule has 0 radical (unpaired) electrons. The maximum atomic E-state index is 11.6. The number of carboxylic acids is 1. The maximum absolute atomic E-state index is 11.6. The molecule has 0 spiro atoms. The summed E-state index contributed by atoms with van der Waals surface area (Å²) in [5.74, 6) is -0.442. The number of aliphatic hydroxyl groups is 1. The summed E-state index contributed by atoms with van der Waals surface area (Å²) in [5.41, 5.74) is 12.6. The summed E-state index contributed by atoms with van der Waals surface area (Å²) in [6, 6.07) is 6.60. The molecule has 0 fully saturated rings. The van der Waals surface area contributed by atoms with Gasteiger partial charge in [0.2, 0.25) is 0 Å². The standard InChI is InChI=1S/C29H45N6O4/c30-29(31)34-21-24(19-28(38)39)25(35-26-11-9-16-32-26)14-12-22(18-23-13-15-27(37)33-20-23)10-7-5-3-1-2-4-6-8-17-36/h9,11,13,15-16,19-20,22,25,32,36H,1-8,10,12,14,17-18,21H2,(H,33,37)(H,38,39)(H4,30,31,34)/q-1/p-1/b24-19+/t22-,25-/m0/s1. The van der Waals surface area contributed by atoms with E-state index in [4.69, 9.17) is 21.9 Å². The van der Waals surface area contributed by atoms with Gasteiger partial charge in [-0.05, 0) is 54.7 Å². The average molecular weight is 541 g/mol. The number of rotatable bonds is 21. The highest BCUT2D eigenvalue weighted by Gasteiger charge is 2.17.